The number of esters is 1. The summed E-state index contributed by atoms with van der Waals surface area (Å²) in [6, 6.07) is 0. The molecule has 0 aromatic rings. The molecule has 0 aliphatic carbocycles. The van der Waals surface area contributed by atoms with E-state index in [0.717, 1.165) is 6.42 Å². The second-order valence-corrected chi connectivity index (χ2v) is 3.81. The number of cyclic esters (lactones) is 1. The van der Waals surface area contributed by atoms with Crippen molar-refractivity contribution < 1.29 is 19.0 Å². The molecule has 0 bridgehead atoms. The summed E-state index contributed by atoms with van der Waals surface area (Å²) in [5.41, 5.74) is 0.665. The second-order valence-electron chi connectivity index (χ2n) is 3.81. The van der Waals surface area contributed by atoms with Crippen molar-refractivity contribution in [1.29, 1.82) is 0 Å². The largest absolute Gasteiger partial charge is 0.472 e. The van der Waals surface area contributed by atoms with Crippen LogP contribution in [0.15, 0.2) is 11.8 Å². The van der Waals surface area contributed by atoms with E-state index in [9.17, 15) is 4.79 Å². The number of carbonyl (C=O) groups is 1. The fraction of sp³-hybridized carbons (Fsp3) is 0.727. The molecule has 4 heteroatoms. The normalized spacial score (nSPS) is 34.1. The Bertz CT molecular complexity index is 284. The lowest BCUT2D eigenvalue weighted by Gasteiger charge is -2.32. The highest BCUT2D eigenvalue weighted by atomic mass is 16.7. The van der Waals surface area contributed by atoms with E-state index in [2.05, 4.69) is 6.92 Å². The van der Waals surface area contributed by atoms with Crippen LogP contribution in [0.25, 0.3) is 0 Å². The number of fused-ring (bicyclic) bond motifs is 1. The highest BCUT2D eigenvalue weighted by Gasteiger charge is 2.43. The second kappa shape index (κ2) is 4.23. The predicted molar refractivity (Wildman–Crippen MR) is 52.8 cm³/mol. The number of hydrogen-bond donors (Lipinski definition) is 0. The van der Waals surface area contributed by atoms with Gasteiger partial charge in [0, 0.05) is 18.4 Å². The molecule has 0 N–H and O–H groups in total. The Balaban J connectivity index is 2.17. The summed E-state index contributed by atoms with van der Waals surface area (Å²) in [6.07, 6.45) is 2.19. The number of hydrogen-bond acceptors (Lipinski definition) is 4. The standard InChI is InChI=1S/C11H16O4/c1-3-7-8-5-14-10(12)9(8)6-15-11(7)13-4-2/h6-8,11H,3-5H2,1-2H3. The topological polar surface area (TPSA) is 44.8 Å². The van der Waals surface area contributed by atoms with E-state index in [4.69, 9.17) is 14.2 Å². The fourth-order valence-electron chi connectivity index (χ4n) is 2.21. The first-order chi connectivity index (χ1) is 7.27. The lowest BCUT2D eigenvalue weighted by molar-refractivity contribution is -0.156. The molecule has 0 aromatic heterocycles. The van der Waals surface area contributed by atoms with Gasteiger partial charge < -0.3 is 14.2 Å². The van der Waals surface area contributed by atoms with Crippen molar-refractivity contribution in [1.82, 2.24) is 0 Å². The zero-order chi connectivity index (χ0) is 10.8. The number of rotatable bonds is 3. The van der Waals surface area contributed by atoms with Crippen LogP contribution < -0.4 is 0 Å². The van der Waals surface area contributed by atoms with Gasteiger partial charge >= 0.3 is 5.97 Å². The maximum atomic E-state index is 11.3. The van der Waals surface area contributed by atoms with E-state index < -0.39 is 0 Å². The van der Waals surface area contributed by atoms with Crippen molar-refractivity contribution >= 4 is 5.97 Å². The molecule has 3 unspecified atom stereocenters. The molecule has 1 saturated heterocycles. The van der Waals surface area contributed by atoms with Gasteiger partial charge in [-0.05, 0) is 13.3 Å². The average Bonchev–Trinajstić information content (AvgIpc) is 2.61. The summed E-state index contributed by atoms with van der Waals surface area (Å²) in [7, 11) is 0. The molecular formula is C11H16O4. The third-order valence-corrected chi connectivity index (χ3v) is 3.03. The number of ether oxygens (including phenoxy) is 3. The average molecular weight is 212 g/mol. The monoisotopic (exact) mass is 212 g/mol. The van der Waals surface area contributed by atoms with E-state index in [1.807, 2.05) is 6.92 Å². The van der Waals surface area contributed by atoms with Gasteiger partial charge in [0.15, 0.2) is 0 Å². The zero-order valence-corrected chi connectivity index (χ0v) is 9.06. The van der Waals surface area contributed by atoms with Crippen LogP contribution >= 0.6 is 0 Å². The Hall–Kier alpha value is -1.03. The van der Waals surface area contributed by atoms with Crippen LogP contribution in [-0.4, -0.2) is 25.5 Å². The van der Waals surface area contributed by atoms with Gasteiger partial charge in [-0.1, -0.05) is 6.92 Å². The van der Waals surface area contributed by atoms with Crippen LogP contribution in [0.1, 0.15) is 20.3 Å². The summed E-state index contributed by atoms with van der Waals surface area (Å²) in [4.78, 5) is 11.3. The van der Waals surface area contributed by atoms with Gasteiger partial charge in [0.25, 0.3) is 0 Å². The van der Waals surface area contributed by atoms with Gasteiger partial charge in [-0.2, -0.15) is 0 Å². The van der Waals surface area contributed by atoms with Crippen LogP contribution in [0.3, 0.4) is 0 Å². The molecule has 2 heterocycles. The molecule has 84 valence electrons. The van der Waals surface area contributed by atoms with E-state index in [1.54, 1.807) is 0 Å². The summed E-state index contributed by atoms with van der Waals surface area (Å²) in [6.45, 7) is 5.10. The first-order valence-electron chi connectivity index (χ1n) is 5.42. The first-order valence-corrected chi connectivity index (χ1v) is 5.42. The molecule has 1 fully saturated rings. The summed E-state index contributed by atoms with van der Waals surface area (Å²) >= 11 is 0. The predicted octanol–water partition coefficient (Wildman–Crippen LogP) is 1.46. The van der Waals surface area contributed by atoms with Crippen molar-refractivity contribution in [3.8, 4) is 0 Å². The molecule has 0 spiro atoms. The van der Waals surface area contributed by atoms with Crippen molar-refractivity contribution in [2.24, 2.45) is 11.8 Å². The summed E-state index contributed by atoms with van der Waals surface area (Å²) in [5, 5.41) is 0. The molecule has 4 nitrogen and oxygen atoms in total. The molecule has 2 rings (SSSR count). The zero-order valence-electron chi connectivity index (χ0n) is 9.06. The Morgan fingerprint density at radius 3 is 3.00 bits per heavy atom. The van der Waals surface area contributed by atoms with Gasteiger partial charge in [-0.15, -0.1) is 0 Å². The molecule has 15 heavy (non-hydrogen) atoms. The SMILES string of the molecule is CCOC1OC=C2C(=O)OCC2C1CC. The summed E-state index contributed by atoms with van der Waals surface area (Å²) in [5.74, 6) is 0.123. The molecule has 0 amide bonds. The third-order valence-electron chi connectivity index (χ3n) is 3.03. The van der Waals surface area contributed by atoms with Gasteiger partial charge in [-0.25, -0.2) is 4.79 Å². The van der Waals surface area contributed by atoms with Crippen LogP contribution in [0, 0.1) is 11.8 Å². The highest BCUT2D eigenvalue weighted by Crippen LogP contribution is 2.37. The fourth-order valence-corrected chi connectivity index (χ4v) is 2.21. The molecule has 0 aromatic carbocycles. The van der Waals surface area contributed by atoms with Crippen LogP contribution in [0.5, 0.6) is 0 Å². The Labute approximate surface area is 89.2 Å². The van der Waals surface area contributed by atoms with E-state index >= 15 is 0 Å². The highest BCUT2D eigenvalue weighted by molar-refractivity contribution is 5.91. The maximum Gasteiger partial charge on any atom is 0.337 e. The van der Waals surface area contributed by atoms with Crippen molar-refractivity contribution in [2.45, 2.75) is 26.6 Å². The van der Waals surface area contributed by atoms with Gasteiger partial charge in [0.05, 0.1) is 18.4 Å². The Morgan fingerprint density at radius 2 is 2.33 bits per heavy atom. The van der Waals surface area contributed by atoms with Gasteiger partial charge in [0.1, 0.15) is 0 Å². The van der Waals surface area contributed by atoms with Crippen LogP contribution in [-0.2, 0) is 19.0 Å². The smallest absolute Gasteiger partial charge is 0.337 e. The molecular weight excluding hydrogens is 196 g/mol. The van der Waals surface area contributed by atoms with Crippen molar-refractivity contribution in [2.75, 3.05) is 13.2 Å². The van der Waals surface area contributed by atoms with Crippen LogP contribution in [0.2, 0.25) is 0 Å². The minimum atomic E-state index is -0.242. The van der Waals surface area contributed by atoms with Gasteiger partial charge in [0.2, 0.25) is 6.29 Å². The van der Waals surface area contributed by atoms with E-state index in [-0.39, 0.29) is 24.1 Å². The first kappa shape index (κ1) is 10.5. The summed E-state index contributed by atoms with van der Waals surface area (Å²) < 4.78 is 15.9. The maximum absolute atomic E-state index is 11.3. The molecule has 0 saturated carbocycles. The minimum Gasteiger partial charge on any atom is -0.472 e. The Morgan fingerprint density at radius 1 is 1.53 bits per heavy atom. The van der Waals surface area contributed by atoms with Crippen molar-refractivity contribution in [3.05, 3.63) is 11.8 Å². The molecule has 3 atom stereocenters. The van der Waals surface area contributed by atoms with Crippen molar-refractivity contribution in [3.63, 3.8) is 0 Å². The Kier molecular flexibility index (Phi) is 2.95. The lowest BCUT2D eigenvalue weighted by Crippen LogP contribution is -2.35. The molecule has 0 radical (unpaired) electrons. The minimum absolute atomic E-state index is 0.146. The third kappa shape index (κ3) is 1.74. The van der Waals surface area contributed by atoms with E-state index in [1.165, 1.54) is 6.26 Å². The molecule has 2 aliphatic heterocycles. The van der Waals surface area contributed by atoms with Gasteiger partial charge in [-0.3, -0.25) is 0 Å². The lowest BCUT2D eigenvalue weighted by atomic mass is 9.84. The van der Waals surface area contributed by atoms with E-state index in [0.29, 0.717) is 18.8 Å². The number of carbonyl (C=O) groups excluding carboxylic acids is 1. The molecule has 2 aliphatic rings. The quantitative estimate of drug-likeness (QED) is 0.664. The van der Waals surface area contributed by atoms with Crippen LogP contribution in [0.4, 0.5) is 0 Å².